The van der Waals surface area contributed by atoms with Crippen LogP contribution in [-0.2, 0) is 4.79 Å². The van der Waals surface area contributed by atoms with Crippen molar-refractivity contribution in [1.82, 2.24) is 5.32 Å². The first-order valence-corrected chi connectivity index (χ1v) is 31.8. The first-order valence-electron chi connectivity index (χ1n) is 31.8. The molecule has 0 aliphatic rings. The Morgan fingerprint density at radius 1 is 0.309 bits per heavy atom. The smallest absolute Gasteiger partial charge is 0.220 e. The highest BCUT2D eigenvalue weighted by atomic mass is 16.3. The molecule has 408 valence electrons. The molecule has 0 saturated carbocycles. The minimum Gasteiger partial charge on any atom is -0.394 e. The van der Waals surface area contributed by atoms with Crippen LogP contribution in [0.15, 0.2) is 0 Å². The molecule has 5 heteroatoms. The molecule has 5 nitrogen and oxygen atoms in total. The van der Waals surface area contributed by atoms with E-state index in [9.17, 15) is 20.1 Å². The average Bonchev–Trinajstić information content (AvgIpc) is 3.34. The predicted molar refractivity (Wildman–Crippen MR) is 301 cm³/mol. The van der Waals surface area contributed by atoms with E-state index in [2.05, 4.69) is 19.2 Å². The van der Waals surface area contributed by atoms with Gasteiger partial charge in [-0.05, 0) is 12.8 Å². The van der Waals surface area contributed by atoms with Gasteiger partial charge in [0.2, 0.25) is 5.91 Å². The van der Waals surface area contributed by atoms with Crippen LogP contribution in [0.1, 0.15) is 373 Å². The van der Waals surface area contributed by atoms with Gasteiger partial charge in [0.25, 0.3) is 0 Å². The Bertz CT molecular complexity index is 929. The Balaban J connectivity index is 3.38. The summed E-state index contributed by atoms with van der Waals surface area (Å²) < 4.78 is 0. The number of aliphatic hydroxyl groups is 3. The van der Waals surface area contributed by atoms with Crippen molar-refractivity contribution in [2.24, 2.45) is 0 Å². The lowest BCUT2D eigenvalue weighted by molar-refractivity contribution is -0.124. The summed E-state index contributed by atoms with van der Waals surface area (Å²) in [5.74, 6) is -0.135. The molecule has 0 bridgehead atoms. The van der Waals surface area contributed by atoms with Crippen LogP contribution in [0, 0.1) is 0 Å². The van der Waals surface area contributed by atoms with Crippen LogP contribution < -0.4 is 5.32 Å². The average molecular weight is 963 g/mol. The second kappa shape index (κ2) is 58.9. The molecule has 0 aromatic heterocycles. The quantitative estimate of drug-likeness (QED) is 0.0457. The van der Waals surface area contributed by atoms with Gasteiger partial charge in [0.05, 0.1) is 18.8 Å². The molecule has 0 heterocycles. The summed E-state index contributed by atoms with van der Waals surface area (Å²) in [4.78, 5) is 12.5. The van der Waals surface area contributed by atoms with Crippen LogP contribution in [0.25, 0.3) is 0 Å². The van der Waals surface area contributed by atoms with Gasteiger partial charge < -0.3 is 20.6 Å². The SMILES string of the molecule is CCCCCCCCCCCCCCCCCCCCCCCCCCCCCCCCCCCCCCCCCC(=O)NC(CO)C(O)C(O)CCCCCCCCCCCCCCCCC. The van der Waals surface area contributed by atoms with Crippen molar-refractivity contribution in [1.29, 1.82) is 0 Å². The van der Waals surface area contributed by atoms with Gasteiger partial charge in [-0.3, -0.25) is 4.79 Å². The Labute approximate surface area is 427 Å². The van der Waals surface area contributed by atoms with Crippen molar-refractivity contribution < 1.29 is 20.1 Å². The number of amides is 1. The lowest BCUT2D eigenvalue weighted by atomic mass is 9.99. The second-order valence-electron chi connectivity index (χ2n) is 22.3. The summed E-state index contributed by atoms with van der Waals surface area (Å²) >= 11 is 0. The van der Waals surface area contributed by atoms with E-state index < -0.39 is 18.2 Å². The molecule has 68 heavy (non-hydrogen) atoms. The van der Waals surface area contributed by atoms with Crippen molar-refractivity contribution >= 4 is 5.91 Å². The summed E-state index contributed by atoms with van der Waals surface area (Å²) in [6.07, 6.45) is 73.1. The fourth-order valence-electron chi connectivity index (χ4n) is 10.6. The van der Waals surface area contributed by atoms with Gasteiger partial charge in [-0.25, -0.2) is 0 Å². The summed E-state index contributed by atoms with van der Waals surface area (Å²) in [5.41, 5.74) is 0. The third-order valence-corrected chi connectivity index (χ3v) is 15.5. The standard InChI is InChI=1S/C63H127NO4/c1-3-5-7-9-11-13-15-17-19-20-21-22-23-24-25-26-27-28-29-30-31-32-33-34-35-36-37-38-39-40-41-42-44-46-48-50-52-54-56-58-62(67)64-60(59-65)63(68)61(66)57-55-53-51-49-47-45-43-18-16-14-12-10-8-6-4-2/h60-61,63,65-66,68H,3-59H2,1-2H3,(H,64,67). The normalized spacial score (nSPS) is 13.1. The second-order valence-corrected chi connectivity index (χ2v) is 22.3. The van der Waals surface area contributed by atoms with E-state index in [4.69, 9.17) is 0 Å². The van der Waals surface area contributed by atoms with E-state index in [1.54, 1.807) is 0 Å². The lowest BCUT2D eigenvalue weighted by Gasteiger charge is -2.26. The first kappa shape index (κ1) is 67.3. The van der Waals surface area contributed by atoms with Gasteiger partial charge in [-0.2, -0.15) is 0 Å². The molecule has 0 radical (unpaired) electrons. The summed E-state index contributed by atoms with van der Waals surface area (Å²) in [6, 6.07) is -0.804. The van der Waals surface area contributed by atoms with Crippen LogP contribution >= 0.6 is 0 Å². The van der Waals surface area contributed by atoms with E-state index in [-0.39, 0.29) is 12.5 Å². The maximum Gasteiger partial charge on any atom is 0.220 e. The molecular formula is C63H127NO4. The number of hydrogen-bond donors (Lipinski definition) is 4. The molecule has 0 aromatic rings. The number of hydrogen-bond acceptors (Lipinski definition) is 4. The van der Waals surface area contributed by atoms with Gasteiger partial charge in [0.15, 0.2) is 0 Å². The number of carbonyl (C=O) groups is 1. The summed E-state index contributed by atoms with van der Waals surface area (Å²) in [6.45, 7) is 4.22. The first-order chi connectivity index (χ1) is 33.6. The number of rotatable bonds is 60. The van der Waals surface area contributed by atoms with E-state index in [1.807, 2.05) is 0 Å². The van der Waals surface area contributed by atoms with E-state index in [1.165, 1.54) is 315 Å². The van der Waals surface area contributed by atoms with E-state index in [0.29, 0.717) is 12.8 Å². The van der Waals surface area contributed by atoms with E-state index >= 15 is 0 Å². The number of nitrogens with one attached hydrogen (secondary N) is 1. The molecule has 3 atom stereocenters. The van der Waals surface area contributed by atoms with Gasteiger partial charge in [0.1, 0.15) is 6.10 Å². The van der Waals surface area contributed by atoms with Crippen LogP contribution in [0.2, 0.25) is 0 Å². The zero-order chi connectivity index (χ0) is 49.3. The lowest BCUT2D eigenvalue weighted by Crippen LogP contribution is -2.50. The zero-order valence-electron chi connectivity index (χ0n) is 46.8. The van der Waals surface area contributed by atoms with Crippen molar-refractivity contribution in [3.05, 3.63) is 0 Å². The fourth-order valence-corrected chi connectivity index (χ4v) is 10.6. The highest BCUT2D eigenvalue weighted by Gasteiger charge is 2.26. The highest BCUT2D eigenvalue weighted by molar-refractivity contribution is 5.76. The summed E-state index contributed by atoms with van der Waals surface area (Å²) in [5, 5.41) is 33.8. The van der Waals surface area contributed by atoms with Gasteiger partial charge >= 0.3 is 0 Å². The zero-order valence-corrected chi connectivity index (χ0v) is 46.8. The Morgan fingerprint density at radius 3 is 0.706 bits per heavy atom. The molecule has 0 rings (SSSR count). The van der Waals surface area contributed by atoms with Crippen molar-refractivity contribution in [2.45, 2.75) is 392 Å². The maximum atomic E-state index is 12.5. The molecular weight excluding hydrogens is 835 g/mol. The third-order valence-electron chi connectivity index (χ3n) is 15.5. The summed E-state index contributed by atoms with van der Waals surface area (Å²) in [7, 11) is 0. The minimum atomic E-state index is -1.13. The van der Waals surface area contributed by atoms with Crippen molar-refractivity contribution in [2.75, 3.05) is 6.61 Å². The highest BCUT2D eigenvalue weighted by Crippen LogP contribution is 2.19. The molecule has 1 amide bonds. The van der Waals surface area contributed by atoms with Crippen LogP contribution in [0.3, 0.4) is 0 Å². The largest absolute Gasteiger partial charge is 0.394 e. The van der Waals surface area contributed by atoms with Crippen molar-refractivity contribution in [3.63, 3.8) is 0 Å². The number of aliphatic hydroxyl groups excluding tert-OH is 3. The van der Waals surface area contributed by atoms with Crippen LogP contribution in [-0.4, -0.2) is 46.1 Å². The molecule has 3 unspecified atom stereocenters. The van der Waals surface area contributed by atoms with Crippen LogP contribution in [0.5, 0.6) is 0 Å². The van der Waals surface area contributed by atoms with Crippen molar-refractivity contribution in [3.8, 4) is 0 Å². The number of carbonyl (C=O) groups excluding carboxylic acids is 1. The molecule has 0 aromatic carbocycles. The fraction of sp³-hybridized carbons (Fsp3) is 0.984. The molecule has 0 spiro atoms. The Kier molecular flexibility index (Phi) is 58.4. The molecule has 4 N–H and O–H groups in total. The topological polar surface area (TPSA) is 89.8 Å². The third kappa shape index (κ3) is 53.2. The molecule has 0 fully saturated rings. The number of unbranched alkanes of at least 4 members (excludes halogenated alkanes) is 52. The maximum absolute atomic E-state index is 12.5. The Hall–Kier alpha value is -0.650. The molecule has 0 saturated heterocycles. The monoisotopic (exact) mass is 962 g/mol. The molecule has 0 aliphatic heterocycles. The predicted octanol–water partition coefficient (Wildman–Crippen LogP) is 20.1. The van der Waals surface area contributed by atoms with Gasteiger partial charge in [-0.1, -0.05) is 354 Å². The van der Waals surface area contributed by atoms with Gasteiger partial charge in [-0.15, -0.1) is 0 Å². The van der Waals surface area contributed by atoms with E-state index in [0.717, 1.165) is 32.1 Å². The molecule has 0 aliphatic carbocycles. The van der Waals surface area contributed by atoms with Crippen LogP contribution in [0.4, 0.5) is 0 Å². The van der Waals surface area contributed by atoms with Gasteiger partial charge in [0, 0.05) is 6.42 Å². The Morgan fingerprint density at radius 2 is 0.500 bits per heavy atom. The minimum absolute atomic E-state index is 0.135.